The molecule has 0 saturated carbocycles. The molecular weight excluding hydrogens is 268 g/mol. The normalized spacial score (nSPS) is 21.3. The highest BCUT2D eigenvalue weighted by Crippen LogP contribution is 2.36. The molecule has 0 amide bonds. The van der Waals surface area contributed by atoms with Crippen molar-refractivity contribution in [2.75, 3.05) is 13.2 Å². The van der Waals surface area contributed by atoms with Gasteiger partial charge in [0.2, 0.25) is 0 Å². The fourth-order valence-corrected chi connectivity index (χ4v) is 1.98. The van der Waals surface area contributed by atoms with Crippen molar-refractivity contribution in [2.24, 2.45) is 5.92 Å². The molecule has 88 valence electrons. The Bertz CT molecular complexity index is 365. The zero-order valence-corrected chi connectivity index (χ0v) is 11.3. The molecular formula is C13H17BrO2. The van der Waals surface area contributed by atoms with E-state index in [-0.39, 0.29) is 0 Å². The van der Waals surface area contributed by atoms with Crippen LogP contribution in [0.2, 0.25) is 0 Å². The second-order valence-corrected chi connectivity index (χ2v) is 5.41. The highest BCUT2D eigenvalue weighted by molar-refractivity contribution is 9.09. The summed E-state index contributed by atoms with van der Waals surface area (Å²) in [5.74, 6) is 2.19. The van der Waals surface area contributed by atoms with E-state index < -0.39 is 0 Å². The Balaban J connectivity index is 2.25. The van der Waals surface area contributed by atoms with E-state index in [1.165, 1.54) is 5.56 Å². The summed E-state index contributed by atoms with van der Waals surface area (Å²) in [5.41, 5.74) is 1.25. The molecule has 0 radical (unpaired) electrons. The van der Waals surface area contributed by atoms with Gasteiger partial charge in [-0.25, -0.2) is 0 Å². The van der Waals surface area contributed by atoms with Gasteiger partial charge in [0, 0.05) is 10.7 Å². The van der Waals surface area contributed by atoms with E-state index in [1.54, 1.807) is 0 Å². The van der Waals surface area contributed by atoms with Crippen molar-refractivity contribution in [3.8, 4) is 11.5 Å². The maximum Gasteiger partial charge on any atom is 0.161 e. The molecule has 0 spiro atoms. The van der Waals surface area contributed by atoms with Gasteiger partial charge in [-0.1, -0.05) is 35.8 Å². The van der Waals surface area contributed by atoms with Gasteiger partial charge >= 0.3 is 0 Å². The number of ether oxygens (including phenoxy) is 2. The summed E-state index contributed by atoms with van der Waals surface area (Å²) in [5, 5.41) is 0. The third-order valence-corrected chi connectivity index (χ3v) is 3.91. The molecule has 0 N–H and O–H groups in total. The van der Waals surface area contributed by atoms with Crippen LogP contribution in [-0.2, 0) is 0 Å². The largest absolute Gasteiger partial charge is 0.489 e. The van der Waals surface area contributed by atoms with E-state index in [4.69, 9.17) is 9.47 Å². The van der Waals surface area contributed by atoms with Gasteiger partial charge in [-0.15, -0.1) is 0 Å². The molecule has 0 aliphatic carbocycles. The van der Waals surface area contributed by atoms with Gasteiger partial charge in [0.15, 0.2) is 11.5 Å². The SMILES string of the molecule is CCC(Br)c1ccc2c(c1)OCC(C)CO2. The van der Waals surface area contributed by atoms with Crippen molar-refractivity contribution < 1.29 is 9.47 Å². The number of halogens is 1. The number of benzene rings is 1. The lowest BCUT2D eigenvalue weighted by molar-refractivity contribution is 0.228. The third kappa shape index (κ3) is 2.51. The summed E-state index contributed by atoms with van der Waals surface area (Å²) in [4.78, 5) is 0.391. The highest BCUT2D eigenvalue weighted by Gasteiger charge is 2.16. The van der Waals surface area contributed by atoms with E-state index in [9.17, 15) is 0 Å². The second kappa shape index (κ2) is 5.09. The van der Waals surface area contributed by atoms with Gasteiger partial charge in [0.25, 0.3) is 0 Å². The Morgan fingerprint density at radius 1 is 1.31 bits per heavy atom. The number of hydrogen-bond acceptors (Lipinski definition) is 2. The Morgan fingerprint density at radius 2 is 2.00 bits per heavy atom. The molecule has 1 aliphatic heterocycles. The number of rotatable bonds is 2. The minimum absolute atomic E-state index is 0.391. The van der Waals surface area contributed by atoms with Crippen molar-refractivity contribution in [3.63, 3.8) is 0 Å². The molecule has 1 aliphatic rings. The van der Waals surface area contributed by atoms with Crippen molar-refractivity contribution in [1.82, 2.24) is 0 Å². The van der Waals surface area contributed by atoms with E-state index in [0.717, 1.165) is 31.1 Å². The first-order chi connectivity index (χ1) is 7.70. The monoisotopic (exact) mass is 284 g/mol. The minimum atomic E-state index is 0.391. The molecule has 0 aromatic heterocycles. The van der Waals surface area contributed by atoms with Crippen LogP contribution < -0.4 is 9.47 Å². The quantitative estimate of drug-likeness (QED) is 0.766. The van der Waals surface area contributed by atoms with Crippen LogP contribution in [0.4, 0.5) is 0 Å². The molecule has 2 rings (SSSR count). The average Bonchev–Trinajstić information content (AvgIpc) is 2.50. The van der Waals surface area contributed by atoms with Gasteiger partial charge in [0.1, 0.15) is 0 Å². The Hall–Kier alpha value is -0.700. The molecule has 1 heterocycles. The second-order valence-electron chi connectivity index (χ2n) is 4.31. The van der Waals surface area contributed by atoms with E-state index in [0.29, 0.717) is 10.7 Å². The first-order valence-electron chi connectivity index (χ1n) is 5.74. The minimum Gasteiger partial charge on any atom is -0.489 e. The zero-order valence-electron chi connectivity index (χ0n) is 9.70. The summed E-state index contributed by atoms with van der Waals surface area (Å²) in [7, 11) is 0. The van der Waals surface area contributed by atoms with Crippen molar-refractivity contribution >= 4 is 15.9 Å². The van der Waals surface area contributed by atoms with Crippen molar-refractivity contribution in [1.29, 1.82) is 0 Å². The summed E-state index contributed by atoms with van der Waals surface area (Å²) < 4.78 is 11.4. The van der Waals surface area contributed by atoms with E-state index in [1.807, 2.05) is 6.07 Å². The van der Waals surface area contributed by atoms with Gasteiger partial charge in [-0.2, -0.15) is 0 Å². The number of fused-ring (bicyclic) bond motifs is 1. The summed E-state index contributed by atoms with van der Waals surface area (Å²) in [6.45, 7) is 5.75. The predicted octanol–water partition coefficient (Wildman–Crippen LogP) is 3.94. The highest BCUT2D eigenvalue weighted by atomic mass is 79.9. The lowest BCUT2D eigenvalue weighted by Gasteiger charge is -2.11. The topological polar surface area (TPSA) is 18.5 Å². The molecule has 0 fully saturated rings. The van der Waals surface area contributed by atoms with Crippen LogP contribution in [0.15, 0.2) is 18.2 Å². The Kier molecular flexibility index (Phi) is 3.74. The van der Waals surface area contributed by atoms with E-state index >= 15 is 0 Å². The van der Waals surface area contributed by atoms with Crippen molar-refractivity contribution in [3.05, 3.63) is 23.8 Å². The maximum atomic E-state index is 5.75. The third-order valence-electron chi connectivity index (χ3n) is 2.73. The molecule has 0 bridgehead atoms. The Morgan fingerprint density at radius 3 is 2.69 bits per heavy atom. The lowest BCUT2D eigenvalue weighted by Crippen LogP contribution is -2.12. The molecule has 2 atom stereocenters. The fourth-order valence-electron chi connectivity index (χ4n) is 1.70. The molecule has 1 aromatic rings. The molecule has 2 unspecified atom stereocenters. The van der Waals surface area contributed by atoms with Gasteiger partial charge in [-0.05, 0) is 24.1 Å². The average molecular weight is 285 g/mol. The first-order valence-corrected chi connectivity index (χ1v) is 6.66. The lowest BCUT2D eigenvalue weighted by atomic mass is 10.1. The smallest absolute Gasteiger partial charge is 0.161 e. The maximum absolute atomic E-state index is 5.75. The number of hydrogen-bond donors (Lipinski definition) is 0. The molecule has 1 aromatic carbocycles. The van der Waals surface area contributed by atoms with Crippen molar-refractivity contribution in [2.45, 2.75) is 25.1 Å². The molecule has 2 nitrogen and oxygen atoms in total. The molecule has 3 heteroatoms. The van der Waals surface area contributed by atoms with E-state index in [2.05, 4.69) is 41.9 Å². The van der Waals surface area contributed by atoms with Crippen LogP contribution in [0, 0.1) is 5.92 Å². The van der Waals surface area contributed by atoms with Crippen LogP contribution >= 0.6 is 15.9 Å². The summed E-state index contributed by atoms with van der Waals surface area (Å²) in [6, 6.07) is 6.18. The van der Waals surface area contributed by atoms with Crippen LogP contribution in [0.3, 0.4) is 0 Å². The van der Waals surface area contributed by atoms with Gasteiger partial charge in [0.05, 0.1) is 13.2 Å². The Labute approximate surface area is 105 Å². The molecule has 0 saturated heterocycles. The van der Waals surface area contributed by atoms with Crippen LogP contribution in [0.5, 0.6) is 11.5 Å². The predicted molar refractivity (Wildman–Crippen MR) is 68.6 cm³/mol. The standard InChI is InChI=1S/C13H17BrO2/c1-3-11(14)10-4-5-12-13(6-10)16-8-9(2)7-15-12/h4-6,9,11H,3,7-8H2,1-2H3. The summed E-state index contributed by atoms with van der Waals surface area (Å²) in [6.07, 6.45) is 1.07. The molecule has 16 heavy (non-hydrogen) atoms. The summed E-state index contributed by atoms with van der Waals surface area (Å²) >= 11 is 3.65. The number of alkyl halides is 1. The van der Waals surface area contributed by atoms with Crippen LogP contribution in [0.1, 0.15) is 30.7 Å². The van der Waals surface area contributed by atoms with Gasteiger partial charge < -0.3 is 9.47 Å². The first kappa shape index (κ1) is 11.8. The van der Waals surface area contributed by atoms with Crippen LogP contribution in [0.25, 0.3) is 0 Å². The zero-order chi connectivity index (χ0) is 11.5. The van der Waals surface area contributed by atoms with Gasteiger partial charge in [-0.3, -0.25) is 0 Å². The fraction of sp³-hybridized carbons (Fsp3) is 0.538. The van der Waals surface area contributed by atoms with Crippen LogP contribution in [-0.4, -0.2) is 13.2 Å².